The third-order valence-electron chi connectivity index (χ3n) is 2.75. The zero-order chi connectivity index (χ0) is 15.2. The summed E-state index contributed by atoms with van der Waals surface area (Å²) in [5.74, 6) is -0.971. The minimum atomic E-state index is -3.49. The van der Waals surface area contributed by atoms with Crippen LogP contribution >= 0.6 is 0 Å². The number of sulfonamides is 1. The third-order valence-corrected chi connectivity index (χ3v) is 4.29. The zero-order valence-corrected chi connectivity index (χ0v) is 12.2. The van der Waals surface area contributed by atoms with E-state index in [1.54, 1.807) is 6.92 Å². The molecule has 0 aromatic heterocycles. The molecule has 0 heterocycles. The zero-order valence-electron chi connectivity index (χ0n) is 11.4. The summed E-state index contributed by atoms with van der Waals surface area (Å²) in [6.07, 6.45) is 0.250. The lowest BCUT2D eigenvalue weighted by Gasteiger charge is -2.14. The number of hydrogen-bond donors (Lipinski definition) is 1. The van der Waals surface area contributed by atoms with E-state index in [9.17, 15) is 17.6 Å². The Bertz CT molecular complexity index is 542. The number of halogens is 1. The van der Waals surface area contributed by atoms with E-state index in [4.69, 9.17) is 0 Å². The lowest BCUT2D eigenvalue weighted by Crippen LogP contribution is -2.29. The van der Waals surface area contributed by atoms with Gasteiger partial charge in [0.15, 0.2) is 0 Å². The SMILES string of the molecule is COC(=O)CCCS(=O)(=O)N[C@@H](C)c1ccc(F)cc1. The van der Waals surface area contributed by atoms with Gasteiger partial charge < -0.3 is 4.74 Å². The molecular weight excluding hydrogens is 285 g/mol. The Balaban J connectivity index is 2.53. The Labute approximate surface area is 118 Å². The number of hydrogen-bond acceptors (Lipinski definition) is 4. The molecule has 0 radical (unpaired) electrons. The van der Waals surface area contributed by atoms with E-state index < -0.39 is 22.0 Å². The fourth-order valence-electron chi connectivity index (χ4n) is 1.66. The van der Waals surface area contributed by atoms with Crippen molar-refractivity contribution in [1.29, 1.82) is 0 Å². The molecule has 0 saturated heterocycles. The monoisotopic (exact) mass is 303 g/mol. The van der Waals surface area contributed by atoms with Crippen molar-refractivity contribution in [3.8, 4) is 0 Å². The van der Waals surface area contributed by atoms with Crippen LogP contribution in [0, 0.1) is 5.82 Å². The highest BCUT2D eigenvalue weighted by Crippen LogP contribution is 2.14. The topological polar surface area (TPSA) is 72.5 Å². The molecule has 1 aromatic carbocycles. The summed E-state index contributed by atoms with van der Waals surface area (Å²) in [5.41, 5.74) is 0.669. The summed E-state index contributed by atoms with van der Waals surface area (Å²) in [6.45, 7) is 1.67. The van der Waals surface area contributed by atoms with Gasteiger partial charge in [-0.1, -0.05) is 12.1 Å². The number of nitrogens with one attached hydrogen (secondary N) is 1. The van der Waals surface area contributed by atoms with Gasteiger partial charge in [-0.05, 0) is 31.0 Å². The minimum Gasteiger partial charge on any atom is -0.469 e. The van der Waals surface area contributed by atoms with Crippen molar-refractivity contribution in [2.24, 2.45) is 0 Å². The Kier molecular flexibility index (Phi) is 6.09. The number of benzene rings is 1. The summed E-state index contributed by atoms with van der Waals surface area (Å²) < 4.78 is 43.3. The first kappa shape index (κ1) is 16.6. The van der Waals surface area contributed by atoms with E-state index in [1.165, 1.54) is 31.4 Å². The molecular formula is C13H18FNO4S. The molecule has 112 valence electrons. The first-order valence-corrected chi connectivity index (χ1v) is 7.81. The smallest absolute Gasteiger partial charge is 0.305 e. The highest BCUT2D eigenvalue weighted by Gasteiger charge is 2.16. The van der Waals surface area contributed by atoms with Gasteiger partial charge in [0.2, 0.25) is 10.0 Å². The van der Waals surface area contributed by atoms with Crippen molar-refractivity contribution >= 4 is 16.0 Å². The fourth-order valence-corrected chi connectivity index (χ4v) is 2.97. The van der Waals surface area contributed by atoms with Crippen LogP contribution in [0.15, 0.2) is 24.3 Å². The highest BCUT2D eigenvalue weighted by atomic mass is 32.2. The molecule has 0 aliphatic carbocycles. The second-order valence-electron chi connectivity index (χ2n) is 4.39. The summed E-state index contributed by atoms with van der Waals surface area (Å²) >= 11 is 0. The van der Waals surface area contributed by atoms with Crippen LogP contribution in [0.3, 0.4) is 0 Å². The van der Waals surface area contributed by atoms with Gasteiger partial charge >= 0.3 is 5.97 Å². The quantitative estimate of drug-likeness (QED) is 0.779. The first-order chi connectivity index (χ1) is 9.34. The van der Waals surface area contributed by atoms with Crippen molar-refractivity contribution in [2.45, 2.75) is 25.8 Å². The van der Waals surface area contributed by atoms with Gasteiger partial charge in [0, 0.05) is 12.5 Å². The number of methoxy groups -OCH3 is 1. The number of ether oxygens (including phenoxy) is 1. The molecule has 0 unspecified atom stereocenters. The van der Waals surface area contributed by atoms with Gasteiger partial charge in [-0.2, -0.15) is 0 Å². The van der Waals surface area contributed by atoms with Crippen LogP contribution in [0.4, 0.5) is 4.39 Å². The fraction of sp³-hybridized carbons (Fsp3) is 0.462. The minimum absolute atomic E-state index is 0.0579. The molecule has 0 bridgehead atoms. The lowest BCUT2D eigenvalue weighted by atomic mass is 10.1. The van der Waals surface area contributed by atoms with E-state index in [1.807, 2.05) is 0 Å². The highest BCUT2D eigenvalue weighted by molar-refractivity contribution is 7.89. The van der Waals surface area contributed by atoms with Crippen LogP contribution in [-0.4, -0.2) is 27.2 Å². The maximum atomic E-state index is 12.8. The van der Waals surface area contributed by atoms with Gasteiger partial charge in [0.25, 0.3) is 0 Å². The van der Waals surface area contributed by atoms with Crippen molar-refractivity contribution in [1.82, 2.24) is 4.72 Å². The van der Waals surface area contributed by atoms with Crippen molar-refractivity contribution < 1.29 is 22.3 Å². The molecule has 7 heteroatoms. The predicted molar refractivity (Wildman–Crippen MR) is 73.0 cm³/mol. The average molecular weight is 303 g/mol. The Morgan fingerprint density at radius 1 is 1.35 bits per heavy atom. The molecule has 0 saturated carbocycles. The Morgan fingerprint density at radius 3 is 2.50 bits per heavy atom. The van der Waals surface area contributed by atoms with Crippen LogP contribution in [0.5, 0.6) is 0 Å². The van der Waals surface area contributed by atoms with Gasteiger partial charge in [0.1, 0.15) is 5.82 Å². The molecule has 0 aliphatic heterocycles. The summed E-state index contributed by atoms with van der Waals surface area (Å²) in [7, 11) is -2.24. The number of carbonyl (C=O) groups excluding carboxylic acids is 1. The molecule has 0 fully saturated rings. The first-order valence-electron chi connectivity index (χ1n) is 6.16. The summed E-state index contributed by atoms with van der Waals surface area (Å²) in [6, 6.07) is 5.14. The Hall–Kier alpha value is -1.47. The lowest BCUT2D eigenvalue weighted by molar-refractivity contribution is -0.140. The average Bonchev–Trinajstić information content (AvgIpc) is 2.38. The van der Waals surface area contributed by atoms with Gasteiger partial charge in [-0.15, -0.1) is 0 Å². The van der Waals surface area contributed by atoms with Gasteiger partial charge in [-0.3, -0.25) is 4.79 Å². The standard InChI is InChI=1S/C13H18FNO4S/c1-10(11-5-7-12(14)8-6-11)15-20(17,18)9-3-4-13(16)19-2/h5-8,10,15H,3-4,9H2,1-2H3/t10-/m0/s1. The third kappa shape index (κ3) is 5.66. The van der Waals surface area contributed by atoms with Crippen LogP contribution < -0.4 is 4.72 Å². The molecule has 5 nitrogen and oxygen atoms in total. The molecule has 1 aromatic rings. The molecule has 1 rings (SSSR count). The van der Waals surface area contributed by atoms with E-state index in [2.05, 4.69) is 9.46 Å². The van der Waals surface area contributed by atoms with Crippen LogP contribution in [-0.2, 0) is 19.6 Å². The molecule has 1 N–H and O–H groups in total. The number of rotatable bonds is 7. The van der Waals surface area contributed by atoms with E-state index in [0.29, 0.717) is 5.56 Å². The largest absolute Gasteiger partial charge is 0.469 e. The van der Waals surface area contributed by atoms with Crippen LogP contribution in [0.2, 0.25) is 0 Å². The molecule has 20 heavy (non-hydrogen) atoms. The summed E-state index contributed by atoms with van der Waals surface area (Å²) in [5, 5.41) is 0. The van der Waals surface area contributed by atoms with Crippen molar-refractivity contribution in [3.63, 3.8) is 0 Å². The maximum absolute atomic E-state index is 12.8. The molecule has 1 atom stereocenters. The maximum Gasteiger partial charge on any atom is 0.305 e. The van der Waals surface area contributed by atoms with Crippen molar-refractivity contribution in [3.05, 3.63) is 35.6 Å². The van der Waals surface area contributed by atoms with E-state index in [-0.39, 0.29) is 24.4 Å². The molecule has 0 aliphatic rings. The van der Waals surface area contributed by atoms with Crippen LogP contribution in [0.25, 0.3) is 0 Å². The van der Waals surface area contributed by atoms with Gasteiger partial charge in [0.05, 0.1) is 12.9 Å². The second-order valence-corrected chi connectivity index (χ2v) is 6.26. The normalized spacial score (nSPS) is 12.9. The predicted octanol–water partition coefficient (Wildman–Crippen LogP) is 1.76. The van der Waals surface area contributed by atoms with E-state index >= 15 is 0 Å². The second kappa shape index (κ2) is 7.35. The number of carbonyl (C=O) groups is 1. The van der Waals surface area contributed by atoms with E-state index in [0.717, 1.165) is 0 Å². The Morgan fingerprint density at radius 2 is 1.95 bits per heavy atom. The number of esters is 1. The molecule has 0 spiro atoms. The van der Waals surface area contributed by atoms with Crippen molar-refractivity contribution in [2.75, 3.05) is 12.9 Å². The molecule has 0 amide bonds. The van der Waals surface area contributed by atoms with Gasteiger partial charge in [-0.25, -0.2) is 17.5 Å². The van der Waals surface area contributed by atoms with Crippen LogP contribution in [0.1, 0.15) is 31.4 Å². The summed E-state index contributed by atoms with van der Waals surface area (Å²) in [4.78, 5) is 10.9.